The van der Waals surface area contributed by atoms with Gasteiger partial charge in [-0.2, -0.15) is 36.3 Å². The van der Waals surface area contributed by atoms with E-state index in [-0.39, 0.29) is 39.8 Å². The van der Waals surface area contributed by atoms with Crippen molar-refractivity contribution in [3.05, 3.63) is 140 Å². The Morgan fingerprint density at radius 2 is 0.987 bits per heavy atom. The Kier molecular flexibility index (Phi) is 20.9. The monoisotopic (exact) mass is 1120 g/mol. The average molecular weight is 1120 g/mol. The third kappa shape index (κ3) is 15.1. The molecule has 0 unspecified atom stereocenters. The van der Waals surface area contributed by atoms with Crippen molar-refractivity contribution >= 4 is 31.4 Å². The van der Waals surface area contributed by atoms with Crippen molar-refractivity contribution < 1.29 is 77.6 Å². The van der Waals surface area contributed by atoms with Gasteiger partial charge in [0.1, 0.15) is 23.1 Å². The maximum absolute atomic E-state index is 13.7. The van der Waals surface area contributed by atoms with Gasteiger partial charge >= 0.3 is 18.3 Å². The summed E-state index contributed by atoms with van der Waals surface area (Å²) >= 11 is 0. The first-order valence-electron chi connectivity index (χ1n) is 23.3. The molecule has 0 saturated heterocycles. The van der Waals surface area contributed by atoms with Gasteiger partial charge in [-0.25, -0.2) is 21.6 Å². The van der Waals surface area contributed by atoms with E-state index in [0.29, 0.717) is 47.6 Å². The van der Waals surface area contributed by atoms with Gasteiger partial charge in [0.25, 0.3) is 11.1 Å². The Hall–Kier alpha value is -7.58. The molecule has 6 aromatic rings. The van der Waals surface area contributed by atoms with Gasteiger partial charge in [0.05, 0.1) is 53.9 Å². The van der Waals surface area contributed by atoms with Crippen LogP contribution in [-0.2, 0) is 32.5 Å². The number of alkyl halides is 6. The van der Waals surface area contributed by atoms with Crippen LogP contribution in [0.4, 0.5) is 26.3 Å². The summed E-state index contributed by atoms with van der Waals surface area (Å²) in [5.74, 6) is -2.94. The van der Waals surface area contributed by atoms with E-state index in [2.05, 4.69) is 15.7 Å². The number of ether oxygens (including phenoxy) is 2. The van der Waals surface area contributed by atoms with E-state index >= 15 is 0 Å². The quantitative estimate of drug-likeness (QED) is 0.0463. The summed E-state index contributed by atoms with van der Waals surface area (Å²) in [6.07, 6.45) is -7.39. The number of aromatic nitrogens is 4. The number of nitrogens with two attached hydrogens (primary N) is 1. The van der Waals surface area contributed by atoms with Crippen LogP contribution in [0.15, 0.2) is 114 Å². The van der Waals surface area contributed by atoms with Crippen LogP contribution in [-0.4, -0.2) is 96.1 Å². The first-order chi connectivity index (χ1) is 36.0. The Bertz CT molecular complexity index is 3440. The lowest BCUT2D eigenvalue weighted by atomic mass is 10.1. The van der Waals surface area contributed by atoms with Gasteiger partial charge in [0, 0.05) is 24.8 Å². The van der Waals surface area contributed by atoms with Crippen molar-refractivity contribution in [3.63, 3.8) is 0 Å². The van der Waals surface area contributed by atoms with Gasteiger partial charge in [0.15, 0.2) is 15.6 Å². The number of carboxylic acid groups (broad SMARTS) is 1. The van der Waals surface area contributed by atoms with Gasteiger partial charge in [-0.3, -0.25) is 23.5 Å². The number of halogens is 6. The molecule has 416 valence electrons. The number of carboxylic acids is 1. The fourth-order valence-corrected chi connectivity index (χ4v) is 10.1. The van der Waals surface area contributed by atoms with Crippen LogP contribution >= 0.6 is 0 Å². The predicted molar refractivity (Wildman–Crippen MR) is 268 cm³/mol. The number of carbonyl (C=O) groups excluding carboxylic acids is 1. The van der Waals surface area contributed by atoms with E-state index in [4.69, 9.17) is 14.6 Å². The lowest BCUT2D eigenvalue weighted by Gasteiger charge is -2.19. The molecule has 0 aliphatic rings. The minimum absolute atomic E-state index is 0.117. The predicted octanol–water partition coefficient (Wildman–Crippen LogP) is 8.59. The van der Waals surface area contributed by atoms with Gasteiger partial charge in [-0.05, 0) is 86.3 Å². The Balaban J connectivity index is 0.000000303. The Labute approximate surface area is 438 Å². The molecule has 0 radical (unpaired) electrons. The highest BCUT2D eigenvalue weighted by atomic mass is 32.2. The van der Waals surface area contributed by atoms with Gasteiger partial charge < -0.3 is 30.5 Å². The number of sulfone groups is 2. The molecule has 6 rings (SSSR count). The number of methoxy groups -OCH3 is 2. The smallest absolute Gasteiger partial charge is 0.400 e. The molecule has 4 aromatic carbocycles. The summed E-state index contributed by atoms with van der Waals surface area (Å²) in [6.45, 7) is 6.11. The van der Waals surface area contributed by atoms with E-state index in [9.17, 15) is 72.6 Å². The fourth-order valence-electron chi connectivity index (χ4n) is 7.41. The van der Waals surface area contributed by atoms with E-state index in [1.54, 1.807) is 50.2 Å². The molecule has 0 aliphatic heterocycles. The maximum atomic E-state index is 13.7. The average Bonchev–Trinajstić information content (AvgIpc) is 3.37. The van der Waals surface area contributed by atoms with E-state index < -0.39 is 101 Å². The summed E-state index contributed by atoms with van der Waals surface area (Å²) in [6, 6.07) is 18.6. The van der Waals surface area contributed by atoms with Crippen molar-refractivity contribution in [1.29, 1.82) is 0 Å². The molecule has 2 aromatic heterocycles. The number of hydrogen-bond acceptors (Lipinski definition) is 15. The van der Waals surface area contributed by atoms with Crippen molar-refractivity contribution in [2.75, 3.05) is 20.8 Å². The van der Waals surface area contributed by atoms with E-state index in [1.165, 1.54) is 18.8 Å². The zero-order valence-electron chi connectivity index (χ0n) is 42.3. The summed E-state index contributed by atoms with van der Waals surface area (Å²) in [5.41, 5.74) is 3.80. The minimum atomic E-state index is -4.66. The molecule has 0 bridgehead atoms. The number of hydrogen-bond donors (Lipinski definition) is 4. The number of ketones is 1. The second-order valence-corrected chi connectivity index (χ2v) is 20.6. The summed E-state index contributed by atoms with van der Waals surface area (Å²) < 4.78 is 136. The molecule has 77 heavy (non-hydrogen) atoms. The van der Waals surface area contributed by atoms with Crippen molar-refractivity contribution in [3.8, 4) is 34.6 Å². The third-order valence-corrected chi connectivity index (χ3v) is 14.9. The lowest BCUT2D eigenvalue weighted by Crippen LogP contribution is -2.30. The first kappa shape index (κ1) is 62.0. The maximum Gasteiger partial charge on any atom is 0.400 e. The van der Waals surface area contributed by atoms with Crippen LogP contribution in [0.2, 0.25) is 0 Å². The second-order valence-electron chi connectivity index (χ2n) is 16.8. The number of aromatic carboxylic acids is 1. The molecule has 0 fully saturated rings. The fraction of sp³-hybridized carbons (Fsp3) is 0.333. The summed E-state index contributed by atoms with van der Waals surface area (Å²) in [5, 5.41) is 30.2. The van der Waals surface area contributed by atoms with Crippen LogP contribution in [0.1, 0.15) is 95.9 Å². The zero-order valence-corrected chi connectivity index (χ0v) is 44.0. The standard InChI is InChI=1S/C26H27F3N2O6S.C23H24N2O7S.C2H4F3N/c1-4-5-9-21-30-24(33)23(25(34)31(21)22-16(2)7-6-8-20(22)37-3)38(35,36)18-12-10-17(11-13-18)19(32)14-15-26(27,28)29;1-4-5-9-18-24-21(26)20(33(30,31)16-12-10-15(11-13-16)23(28)29)22(27)25(18)19-14(2)7-6-8-17(19)32-3;3-2(4,5)1-6/h6-8,10-13,33H,4-5,9,14-15H2,1-3H3;6-8,10-13,26H,4-5,9H2,1-3H3,(H,28,29);1,6H2. The number of aromatic hydroxyl groups is 2. The van der Waals surface area contributed by atoms with E-state index in [1.807, 2.05) is 13.8 Å². The second kappa shape index (κ2) is 26.0. The molecule has 0 saturated carbocycles. The molecule has 0 amide bonds. The number of nitrogens with zero attached hydrogens (tertiary/aromatic N) is 4. The number of unbranched alkanes of at least 4 members (excludes halogenated alkanes) is 2. The van der Waals surface area contributed by atoms with Crippen molar-refractivity contribution in [1.82, 2.24) is 19.1 Å². The SMILES string of the molecule is CCCCc1nc(O)c(S(=O)(=O)c2ccc(C(=O)CCC(F)(F)F)cc2)c(=O)n1-c1c(C)cccc1OC.CCCCc1nc(O)c(S(=O)(=O)c2ccc(C(=O)O)cc2)c(=O)n1-c1c(C)cccc1OC.NCC(F)(F)F. The Morgan fingerprint density at radius 3 is 1.30 bits per heavy atom. The molecular weight excluding hydrogens is 1070 g/mol. The third-order valence-electron chi connectivity index (χ3n) is 11.3. The molecule has 2 heterocycles. The van der Waals surface area contributed by atoms with Crippen LogP contribution in [0.5, 0.6) is 23.3 Å². The molecular formula is C51H55F6N5O13S2. The topological polar surface area (TPSA) is 277 Å². The molecule has 26 heteroatoms. The number of benzene rings is 4. The van der Waals surface area contributed by atoms with Crippen molar-refractivity contribution in [2.45, 2.75) is 111 Å². The van der Waals surface area contributed by atoms with Crippen LogP contribution in [0, 0.1) is 13.8 Å². The van der Waals surface area contributed by atoms with Crippen LogP contribution in [0.3, 0.4) is 0 Å². The number of rotatable bonds is 18. The zero-order chi connectivity index (χ0) is 57.8. The number of para-hydroxylation sites is 2. The van der Waals surface area contributed by atoms with Crippen LogP contribution in [0.25, 0.3) is 11.4 Å². The molecule has 0 aliphatic carbocycles. The molecule has 0 spiro atoms. The highest BCUT2D eigenvalue weighted by molar-refractivity contribution is 7.92. The molecule has 5 N–H and O–H groups in total. The lowest BCUT2D eigenvalue weighted by molar-refractivity contribution is -0.133. The number of Topliss-reactive ketones (excluding diaryl/α,β-unsaturated/α-hetero) is 1. The van der Waals surface area contributed by atoms with E-state index in [0.717, 1.165) is 65.9 Å². The van der Waals surface area contributed by atoms with Crippen LogP contribution < -0.4 is 26.3 Å². The molecule has 0 atom stereocenters. The summed E-state index contributed by atoms with van der Waals surface area (Å²) in [7, 11) is -6.34. The first-order valence-corrected chi connectivity index (χ1v) is 26.3. The number of carbonyl (C=O) groups is 2. The van der Waals surface area contributed by atoms with Gasteiger partial charge in [0.2, 0.25) is 31.4 Å². The minimum Gasteiger partial charge on any atom is -0.495 e. The van der Waals surface area contributed by atoms with Crippen molar-refractivity contribution in [2.24, 2.45) is 5.73 Å². The normalized spacial score (nSPS) is 11.7. The highest BCUT2D eigenvalue weighted by Gasteiger charge is 2.34. The van der Waals surface area contributed by atoms with Gasteiger partial charge in [-0.15, -0.1) is 0 Å². The largest absolute Gasteiger partial charge is 0.495 e. The van der Waals surface area contributed by atoms with Gasteiger partial charge in [-0.1, -0.05) is 63.1 Å². The summed E-state index contributed by atoms with van der Waals surface area (Å²) in [4.78, 5) is 56.1. The molecule has 18 nitrogen and oxygen atoms in total. The number of aryl methyl sites for hydroxylation is 4. The Morgan fingerprint density at radius 1 is 0.623 bits per heavy atom. The highest BCUT2D eigenvalue weighted by Crippen LogP contribution is 2.33.